The quantitative estimate of drug-likeness (QED) is 0.473. The maximum absolute atomic E-state index is 13.1. The third-order valence-electron chi connectivity index (χ3n) is 6.16. The van der Waals surface area contributed by atoms with E-state index in [1.807, 2.05) is 65.2 Å². The molecule has 5 rings (SSSR count). The van der Waals surface area contributed by atoms with E-state index < -0.39 is 0 Å². The number of aryl methyl sites for hydroxylation is 2. The van der Waals surface area contributed by atoms with Crippen molar-refractivity contribution in [1.82, 2.24) is 24.6 Å². The molecule has 1 aliphatic rings. The standard InChI is InChI=1S/C26H26N6O2/c1-18-11-12-24(27-16-18)30-26(34)21-8-4-7-20(29-21)23-10-5-14-31(23)25(33)13-15-32-22-9-3-2-6-19(22)17-28-32/h2-4,6-9,11-12,16-17,23H,5,10,13-15H2,1H3,(H,27,30,34)/t23-/m0/s1. The fourth-order valence-electron chi connectivity index (χ4n) is 4.41. The minimum atomic E-state index is -0.320. The Labute approximate surface area is 197 Å². The number of hydrogen-bond donors (Lipinski definition) is 1. The van der Waals surface area contributed by atoms with Gasteiger partial charge in [0.25, 0.3) is 5.91 Å². The number of pyridine rings is 2. The van der Waals surface area contributed by atoms with Gasteiger partial charge in [-0.05, 0) is 49.6 Å². The Hall–Kier alpha value is -4.07. The average molecular weight is 455 g/mol. The third kappa shape index (κ3) is 4.52. The smallest absolute Gasteiger partial charge is 0.275 e. The maximum atomic E-state index is 13.1. The number of nitrogens with one attached hydrogen (secondary N) is 1. The summed E-state index contributed by atoms with van der Waals surface area (Å²) < 4.78 is 1.88. The highest BCUT2D eigenvalue weighted by molar-refractivity contribution is 6.02. The molecule has 4 heterocycles. The van der Waals surface area contributed by atoms with Crippen molar-refractivity contribution in [3.63, 3.8) is 0 Å². The van der Waals surface area contributed by atoms with Gasteiger partial charge in [0, 0.05) is 24.5 Å². The van der Waals surface area contributed by atoms with Crippen molar-refractivity contribution in [2.24, 2.45) is 0 Å². The number of para-hydroxylation sites is 1. The van der Waals surface area contributed by atoms with Gasteiger partial charge in [0.1, 0.15) is 11.5 Å². The van der Waals surface area contributed by atoms with E-state index in [0.29, 0.717) is 31.0 Å². The number of benzene rings is 1. The summed E-state index contributed by atoms with van der Waals surface area (Å²) in [6.07, 6.45) is 5.63. The summed E-state index contributed by atoms with van der Waals surface area (Å²) in [5.41, 5.74) is 3.09. The van der Waals surface area contributed by atoms with Gasteiger partial charge >= 0.3 is 0 Å². The molecule has 3 aromatic heterocycles. The van der Waals surface area contributed by atoms with Crippen LogP contribution in [0.25, 0.3) is 10.9 Å². The van der Waals surface area contributed by atoms with Crippen LogP contribution in [0.3, 0.4) is 0 Å². The van der Waals surface area contributed by atoms with E-state index in [2.05, 4.69) is 20.4 Å². The van der Waals surface area contributed by atoms with E-state index in [0.717, 1.165) is 35.0 Å². The Bertz CT molecular complexity index is 1330. The minimum Gasteiger partial charge on any atom is -0.334 e. The molecule has 0 radical (unpaired) electrons. The zero-order valence-corrected chi connectivity index (χ0v) is 19.0. The van der Waals surface area contributed by atoms with E-state index in [4.69, 9.17) is 0 Å². The normalized spacial score (nSPS) is 15.6. The molecule has 1 saturated heterocycles. The lowest BCUT2D eigenvalue weighted by molar-refractivity contribution is -0.132. The first-order valence-corrected chi connectivity index (χ1v) is 11.5. The Morgan fingerprint density at radius 3 is 2.79 bits per heavy atom. The van der Waals surface area contributed by atoms with Gasteiger partial charge in [0.2, 0.25) is 5.91 Å². The third-order valence-corrected chi connectivity index (χ3v) is 6.16. The molecule has 8 nitrogen and oxygen atoms in total. The SMILES string of the molecule is Cc1ccc(NC(=O)c2cccc([C@@H]3CCCN3C(=O)CCn3ncc4ccccc43)n2)nc1. The maximum Gasteiger partial charge on any atom is 0.275 e. The summed E-state index contributed by atoms with van der Waals surface area (Å²) in [5.74, 6) is 0.230. The lowest BCUT2D eigenvalue weighted by Gasteiger charge is -2.24. The van der Waals surface area contributed by atoms with Crippen LogP contribution < -0.4 is 5.32 Å². The Morgan fingerprint density at radius 1 is 1.06 bits per heavy atom. The molecule has 0 spiro atoms. The summed E-state index contributed by atoms with van der Waals surface area (Å²) >= 11 is 0. The summed E-state index contributed by atoms with van der Waals surface area (Å²) in [7, 11) is 0. The van der Waals surface area contributed by atoms with Crippen molar-refractivity contribution in [3.8, 4) is 0 Å². The number of hydrogen-bond acceptors (Lipinski definition) is 5. The molecule has 0 unspecified atom stereocenters. The summed E-state index contributed by atoms with van der Waals surface area (Å²) in [6.45, 7) is 3.15. The van der Waals surface area contributed by atoms with Crippen LogP contribution in [0.1, 0.15) is 47.1 Å². The highest BCUT2D eigenvalue weighted by Gasteiger charge is 2.31. The van der Waals surface area contributed by atoms with Gasteiger partial charge < -0.3 is 10.2 Å². The van der Waals surface area contributed by atoms with E-state index in [1.165, 1.54) is 0 Å². The number of rotatable bonds is 6. The molecule has 0 aliphatic carbocycles. The van der Waals surface area contributed by atoms with Crippen molar-refractivity contribution in [3.05, 3.63) is 83.9 Å². The Balaban J connectivity index is 1.27. The van der Waals surface area contributed by atoms with Crippen LogP contribution in [0, 0.1) is 6.92 Å². The molecule has 1 N–H and O–H groups in total. The molecule has 0 bridgehead atoms. The fourth-order valence-corrected chi connectivity index (χ4v) is 4.41. The monoisotopic (exact) mass is 454 g/mol. The van der Waals surface area contributed by atoms with E-state index in [-0.39, 0.29) is 17.9 Å². The highest BCUT2D eigenvalue weighted by Crippen LogP contribution is 2.31. The lowest BCUT2D eigenvalue weighted by atomic mass is 10.1. The predicted octanol–water partition coefficient (Wildman–Crippen LogP) is 4.14. The average Bonchev–Trinajstić information content (AvgIpc) is 3.52. The molecule has 1 fully saturated rings. The number of likely N-dealkylation sites (tertiary alicyclic amines) is 1. The van der Waals surface area contributed by atoms with Gasteiger partial charge in [-0.3, -0.25) is 14.3 Å². The fraction of sp³-hybridized carbons (Fsp3) is 0.269. The summed E-state index contributed by atoms with van der Waals surface area (Å²) in [4.78, 5) is 36.5. The van der Waals surface area contributed by atoms with Crippen LogP contribution in [0.5, 0.6) is 0 Å². The van der Waals surface area contributed by atoms with Crippen LogP contribution in [0.2, 0.25) is 0 Å². The second-order valence-corrected chi connectivity index (χ2v) is 8.54. The molecule has 4 aromatic rings. The number of carbonyl (C=O) groups excluding carboxylic acids is 2. The highest BCUT2D eigenvalue weighted by atomic mass is 16.2. The van der Waals surface area contributed by atoms with Crippen molar-refractivity contribution in [1.29, 1.82) is 0 Å². The molecule has 0 saturated carbocycles. The van der Waals surface area contributed by atoms with E-state index in [1.54, 1.807) is 18.3 Å². The first-order valence-electron chi connectivity index (χ1n) is 11.5. The van der Waals surface area contributed by atoms with Gasteiger partial charge in [-0.25, -0.2) is 9.97 Å². The van der Waals surface area contributed by atoms with Crippen molar-refractivity contribution >= 4 is 28.5 Å². The van der Waals surface area contributed by atoms with Gasteiger partial charge in [-0.1, -0.05) is 30.3 Å². The molecule has 2 amide bonds. The molecule has 1 aromatic carbocycles. The number of fused-ring (bicyclic) bond motifs is 1. The van der Waals surface area contributed by atoms with Crippen molar-refractivity contribution in [2.45, 2.75) is 38.8 Å². The van der Waals surface area contributed by atoms with E-state index in [9.17, 15) is 9.59 Å². The number of aromatic nitrogens is 4. The van der Waals surface area contributed by atoms with Crippen molar-refractivity contribution in [2.75, 3.05) is 11.9 Å². The molecule has 1 atom stereocenters. The zero-order chi connectivity index (χ0) is 23.5. The topological polar surface area (TPSA) is 93.0 Å². The van der Waals surface area contributed by atoms with Crippen LogP contribution in [-0.2, 0) is 11.3 Å². The number of carbonyl (C=O) groups is 2. The van der Waals surface area contributed by atoms with Crippen LogP contribution >= 0.6 is 0 Å². The van der Waals surface area contributed by atoms with Gasteiger partial charge in [-0.15, -0.1) is 0 Å². The lowest BCUT2D eigenvalue weighted by Crippen LogP contribution is -2.32. The second-order valence-electron chi connectivity index (χ2n) is 8.54. The summed E-state index contributed by atoms with van der Waals surface area (Å²) in [5, 5.41) is 8.27. The largest absolute Gasteiger partial charge is 0.334 e. The predicted molar refractivity (Wildman–Crippen MR) is 129 cm³/mol. The molecular formula is C26H26N6O2. The van der Waals surface area contributed by atoms with Crippen LogP contribution in [0.15, 0.2) is 67.0 Å². The van der Waals surface area contributed by atoms with Crippen molar-refractivity contribution < 1.29 is 9.59 Å². The van der Waals surface area contributed by atoms with Gasteiger partial charge in [-0.2, -0.15) is 5.10 Å². The minimum absolute atomic E-state index is 0.0718. The Morgan fingerprint density at radius 2 is 1.94 bits per heavy atom. The first-order chi connectivity index (χ1) is 16.6. The van der Waals surface area contributed by atoms with Crippen LogP contribution in [0.4, 0.5) is 5.82 Å². The second kappa shape index (κ2) is 9.43. The number of anilines is 1. The van der Waals surface area contributed by atoms with Crippen LogP contribution in [-0.4, -0.2) is 43.0 Å². The molecule has 34 heavy (non-hydrogen) atoms. The summed E-state index contributed by atoms with van der Waals surface area (Å²) in [6, 6.07) is 16.9. The first kappa shape index (κ1) is 21.8. The molecule has 172 valence electrons. The van der Waals surface area contributed by atoms with Gasteiger partial charge in [0.15, 0.2) is 0 Å². The molecular weight excluding hydrogens is 428 g/mol. The van der Waals surface area contributed by atoms with Gasteiger partial charge in [0.05, 0.1) is 30.0 Å². The number of amides is 2. The molecule has 1 aliphatic heterocycles. The molecule has 8 heteroatoms. The van der Waals surface area contributed by atoms with E-state index >= 15 is 0 Å². The Kier molecular flexibility index (Phi) is 6.03. The number of nitrogens with zero attached hydrogens (tertiary/aromatic N) is 5. The zero-order valence-electron chi connectivity index (χ0n) is 19.0.